The molecule has 0 spiro atoms. The number of aliphatic carboxylic acids is 1. The van der Waals surface area contributed by atoms with Gasteiger partial charge in [0.25, 0.3) is 0 Å². The molecule has 0 radical (unpaired) electrons. The van der Waals surface area contributed by atoms with E-state index in [2.05, 4.69) is 5.16 Å². The highest BCUT2D eigenvalue weighted by molar-refractivity contribution is 6.02. The minimum absolute atomic E-state index is 0.00694. The molecule has 2 rings (SSSR count). The summed E-state index contributed by atoms with van der Waals surface area (Å²) in [5, 5.41) is 22.9. The molecule has 0 saturated heterocycles. The molecule has 1 aliphatic rings. The van der Waals surface area contributed by atoms with Crippen molar-refractivity contribution < 1.29 is 24.1 Å². The smallest absolute Gasteiger partial charge is 0.433 e. The van der Waals surface area contributed by atoms with Crippen LogP contribution in [0.25, 0.3) is 0 Å². The Kier molecular flexibility index (Phi) is 2.34. The topological polar surface area (TPSA) is 115 Å². The molecule has 1 aromatic heterocycles. The summed E-state index contributed by atoms with van der Waals surface area (Å²) >= 11 is 0. The third-order valence-corrected chi connectivity index (χ3v) is 2.37. The minimum atomic E-state index is -1.45. The Morgan fingerprint density at radius 3 is 2.82 bits per heavy atom. The fourth-order valence-corrected chi connectivity index (χ4v) is 1.37. The number of carbonyl (C=O) groups is 1. The molecule has 2 heterocycles. The van der Waals surface area contributed by atoms with E-state index in [4.69, 9.17) is 14.4 Å². The number of hydrogen-bond donors (Lipinski definition) is 1. The normalized spacial score (nSPS) is 23.0. The Balaban J connectivity index is 2.20. The van der Waals surface area contributed by atoms with Crippen LogP contribution in [0.2, 0.25) is 0 Å². The SMILES string of the molecule is CC1(C(=O)O)CC(c2ccc([N+](=O)[O-])o2)=NO1. The maximum absolute atomic E-state index is 10.9. The fourth-order valence-electron chi connectivity index (χ4n) is 1.37. The zero-order chi connectivity index (χ0) is 12.6. The van der Waals surface area contributed by atoms with Crippen LogP contribution >= 0.6 is 0 Å². The average Bonchev–Trinajstić information content (AvgIpc) is 2.84. The number of nitro groups is 1. The molecule has 1 aromatic rings. The number of carboxylic acid groups (broad SMARTS) is 1. The van der Waals surface area contributed by atoms with Gasteiger partial charge in [-0.15, -0.1) is 0 Å². The molecule has 0 aliphatic carbocycles. The molecule has 0 saturated carbocycles. The van der Waals surface area contributed by atoms with E-state index < -0.39 is 22.4 Å². The molecule has 1 unspecified atom stereocenters. The molecule has 8 heteroatoms. The zero-order valence-corrected chi connectivity index (χ0v) is 8.74. The van der Waals surface area contributed by atoms with E-state index in [1.807, 2.05) is 0 Å². The molecule has 17 heavy (non-hydrogen) atoms. The molecular weight excluding hydrogens is 232 g/mol. The van der Waals surface area contributed by atoms with E-state index in [0.29, 0.717) is 0 Å². The number of rotatable bonds is 3. The summed E-state index contributed by atoms with van der Waals surface area (Å²) in [5.41, 5.74) is -1.21. The molecule has 1 atom stereocenters. The maximum atomic E-state index is 10.9. The summed E-state index contributed by atoms with van der Waals surface area (Å²) in [4.78, 5) is 25.4. The summed E-state index contributed by atoms with van der Waals surface area (Å²) in [6, 6.07) is 2.53. The van der Waals surface area contributed by atoms with Gasteiger partial charge in [-0.1, -0.05) is 5.16 Å². The second kappa shape index (κ2) is 3.58. The Bertz CT molecular complexity index is 519. The second-order valence-corrected chi connectivity index (χ2v) is 3.74. The summed E-state index contributed by atoms with van der Waals surface area (Å²) < 4.78 is 4.90. The lowest BCUT2D eigenvalue weighted by atomic mass is 9.99. The number of carboxylic acids is 1. The molecule has 8 nitrogen and oxygen atoms in total. The van der Waals surface area contributed by atoms with Crippen LogP contribution in [-0.2, 0) is 9.63 Å². The lowest BCUT2D eigenvalue weighted by molar-refractivity contribution is -0.402. The Morgan fingerprint density at radius 2 is 2.35 bits per heavy atom. The number of oxime groups is 1. The van der Waals surface area contributed by atoms with Crippen LogP contribution in [-0.4, -0.2) is 27.3 Å². The van der Waals surface area contributed by atoms with E-state index in [1.165, 1.54) is 19.1 Å². The lowest BCUT2D eigenvalue weighted by Crippen LogP contribution is -2.35. The van der Waals surface area contributed by atoms with E-state index in [9.17, 15) is 14.9 Å². The fraction of sp³-hybridized carbons (Fsp3) is 0.333. The van der Waals surface area contributed by atoms with Crippen molar-refractivity contribution in [3.05, 3.63) is 28.0 Å². The first-order valence-electron chi connectivity index (χ1n) is 4.65. The third kappa shape index (κ3) is 1.84. The zero-order valence-electron chi connectivity index (χ0n) is 8.74. The molecule has 0 fully saturated rings. The van der Waals surface area contributed by atoms with Crippen LogP contribution in [0.1, 0.15) is 19.1 Å². The van der Waals surface area contributed by atoms with Gasteiger partial charge in [-0.3, -0.25) is 10.1 Å². The van der Waals surface area contributed by atoms with Crippen LogP contribution in [0.5, 0.6) is 0 Å². The first-order chi connectivity index (χ1) is 7.92. The molecule has 1 aliphatic heterocycles. The van der Waals surface area contributed by atoms with Gasteiger partial charge in [0.2, 0.25) is 5.60 Å². The summed E-state index contributed by atoms with van der Waals surface area (Å²) in [7, 11) is 0. The second-order valence-electron chi connectivity index (χ2n) is 3.74. The number of nitrogens with zero attached hydrogens (tertiary/aromatic N) is 2. The highest BCUT2D eigenvalue weighted by Gasteiger charge is 2.43. The highest BCUT2D eigenvalue weighted by Crippen LogP contribution is 2.28. The lowest BCUT2D eigenvalue weighted by Gasteiger charge is -2.14. The number of furan rings is 1. The monoisotopic (exact) mass is 240 g/mol. The highest BCUT2D eigenvalue weighted by atomic mass is 16.7. The molecule has 0 amide bonds. The molecule has 90 valence electrons. The average molecular weight is 240 g/mol. The van der Waals surface area contributed by atoms with Gasteiger partial charge < -0.3 is 14.4 Å². The molecule has 0 bridgehead atoms. The quantitative estimate of drug-likeness (QED) is 0.625. The Hall–Kier alpha value is -2.38. The summed E-state index contributed by atoms with van der Waals surface area (Å²) in [6.07, 6.45) is -0.00694. The standard InChI is InChI=1S/C9H8N2O6/c1-9(8(12)13)4-5(10-17-9)6-2-3-7(16-6)11(14)15/h2-3H,4H2,1H3,(H,12,13). The Morgan fingerprint density at radius 1 is 1.65 bits per heavy atom. The van der Waals surface area contributed by atoms with Crippen molar-refractivity contribution >= 4 is 17.6 Å². The van der Waals surface area contributed by atoms with Gasteiger partial charge in [0.15, 0.2) is 5.76 Å². The summed E-state index contributed by atoms with van der Waals surface area (Å²) in [6.45, 7) is 1.36. The van der Waals surface area contributed by atoms with E-state index in [1.54, 1.807) is 0 Å². The van der Waals surface area contributed by atoms with Gasteiger partial charge in [-0.05, 0) is 13.0 Å². The van der Waals surface area contributed by atoms with Gasteiger partial charge in [-0.2, -0.15) is 0 Å². The van der Waals surface area contributed by atoms with Crippen molar-refractivity contribution in [2.24, 2.45) is 5.16 Å². The predicted octanol–water partition coefficient (Wildman–Crippen LogP) is 1.16. The van der Waals surface area contributed by atoms with E-state index >= 15 is 0 Å². The van der Waals surface area contributed by atoms with Gasteiger partial charge in [-0.25, -0.2) is 4.79 Å². The first kappa shape index (κ1) is 11.1. The third-order valence-electron chi connectivity index (χ3n) is 2.37. The van der Waals surface area contributed by atoms with Crippen LogP contribution in [0.15, 0.2) is 21.7 Å². The van der Waals surface area contributed by atoms with E-state index in [0.717, 1.165) is 0 Å². The predicted molar refractivity (Wildman–Crippen MR) is 53.6 cm³/mol. The van der Waals surface area contributed by atoms with Crippen LogP contribution in [0, 0.1) is 10.1 Å². The molecular formula is C9H8N2O6. The molecule has 0 aromatic carbocycles. The Labute approximate surface area is 94.6 Å². The van der Waals surface area contributed by atoms with Crippen molar-refractivity contribution in [3.63, 3.8) is 0 Å². The first-order valence-corrected chi connectivity index (χ1v) is 4.65. The van der Waals surface area contributed by atoms with Crippen LogP contribution < -0.4 is 0 Å². The van der Waals surface area contributed by atoms with Crippen molar-refractivity contribution in [2.75, 3.05) is 0 Å². The maximum Gasteiger partial charge on any atom is 0.433 e. The van der Waals surface area contributed by atoms with Crippen molar-refractivity contribution in [1.29, 1.82) is 0 Å². The van der Waals surface area contributed by atoms with Crippen LogP contribution in [0.4, 0.5) is 5.88 Å². The van der Waals surface area contributed by atoms with E-state index in [-0.39, 0.29) is 17.9 Å². The van der Waals surface area contributed by atoms with Gasteiger partial charge >= 0.3 is 11.9 Å². The largest absolute Gasteiger partial charge is 0.478 e. The van der Waals surface area contributed by atoms with Crippen LogP contribution in [0.3, 0.4) is 0 Å². The summed E-state index contributed by atoms with van der Waals surface area (Å²) in [5.74, 6) is -1.44. The minimum Gasteiger partial charge on any atom is -0.478 e. The number of hydrogen-bond acceptors (Lipinski definition) is 6. The van der Waals surface area contributed by atoms with Gasteiger partial charge in [0.05, 0.1) is 12.5 Å². The van der Waals surface area contributed by atoms with Crippen molar-refractivity contribution in [3.8, 4) is 0 Å². The van der Waals surface area contributed by atoms with Crippen molar-refractivity contribution in [2.45, 2.75) is 18.9 Å². The van der Waals surface area contributed by atoms with Gasteiger partial charge in [0.1, 0.15) is 10.6 Å². The molecule has 1 N–H and O–H groups in total. The van der Waals surface area contributed by atoms with Gasteiger partial charge in [0, 0.05) is 0 Å². The van der Waals surface area contributed by atoms with Crippen molar-refractivity contribution in [1.82, 2.24) is 0 Å².